The summed E-state index contributed by atoms with van der Waals surface area (Å²) in [6.07, 6.45) is 2.33. The Bertz CT molecular complexity index is 663. The molecule has 126 valence electrons. The first kappa shape index (κ1) is 17.3. The number of nitrogens with one attached hydrogen (secondary N) is 2. The highest BCUT2D eigenvalue weighted by atomic mass is 19.3. The molecule has 2 aromatic heterocycles. The average Bonchev–Trinajstić information content (AvgIpc) is 2.56. The van der Waals surface area contributed by atoms with Crippen LogP contribution < -0.4 is 10.6 Å². The Balaban J connectivity index is 2.15. The van der Waals surface area contributed by atoms with E-state index in [4.69, 9.17) is 0 Å². The quantitative estimate of drug-likeness (QED) is 0.817. The lowest BCUT2D eigenvalue weighted by atomic mass is 10.1. The van der Waals surface area contributed by atoms with Gasteiger partial charge in [-0.15, -0.1) is 0 Å². The van der Waals surface area contributed by atoms with Crippen LogP contribution in [0.4, 0.5) is 29.2 Å². The van der Waals surface area contributed by atoms with Gasteiger partial charge in [0, 0.05) is 12.4 Å². The molecule has 0 atom stereocenters. The van der Waals surface area contributed by atoms with Crippen LogP contribution in [0.1, 0.15) is 0 Å². The molecule has 0 aliphatic rings. The van der Waals surface area contributed by atoms with Gasteiger partial charge in [0.25, 0.3) is 0 Å². The van der Waals surface area contributed by atoms with Gasteiger partial charge in [-0.25, -0.2) is 9.97 Å². The molecule has 10 heteroatoms. The smallest absolute Gasteiger partial charge is 0.305 e. The first-order valence-electron chi connectivity index (χ1n) is 6.46. The number of nitrogens with zero attached hydrogens (tertiary/aromatic N) is 2. The molecule has 2 N–H and O–H groups in total. The molecule has 2 aromatic rings. The predicted octanol–water partition coefficient (Wildman–Crippen LogP) is 2.32. The van der Waals surface area contributed by atoms with Gasteiger partial charge in [0.1, 0.15) is 11.6 Å². The van der Waals surface area contributed by atoms with E-state index in [1.807, 2.05) is 0 Å². The zero-order valence-corrected chi connectivity index (χ0v) is 11.8. The molecular formula is C14H10F4N4O2. The summed E-state index contributed by atoms with van der Waals surface area (Å²) >= 11 is 0. The number of pyridine rings is 2. The van der Waals surface area contributed by atoms with Gasteiger partial charge in [0.05, 0.1) is 0 Å². The number of hydrogen-bond acceptors (Lipinski definition) is 4. The SMILES string of the molecule is O=C(Nc1ccccn1)C(F)(F)C(F)(F)C(=O)Nc1ccccn1. The molecule has 0 aromatic carbocycles. The van der Waals surface area contributed by atoms with Crippen molar-refractivity contribution in [3.8, 4) is 0 Å². The molecule has 0 unspecified atom stereocenters. The summed E-state index contributed by atoms with van der Waals surface area (Å²) in [5, 5.41) is 3.06. The zero-order valence-electron chi connectivity index (χ0n) is 11.8. The van der Waals surface area contributed by atoms with Crippen molar-refractivity contribution in [2.45, 2.75) is 11.8 Å². The maximum absolute atomic E-state index is 13.8. The van der Waals surface area contributed by atoms with Gasteiger partial charge in [-0.05, 0) is 24.3 Å². The van der Waals surface area contributed by atoms with Crippen LogP contribution in [0.2, 0.25) is 0 Å². The summed E-state index contributed by atoms with van der Waals surface area (Å²) in [7, 11) is 0. The fourth-order valence-electron chi connectivity index (χ4n) is 1.55. The summed E-state index contributed by atoms with van der Waals surface area (Å²) < 4.78 is 55.1. The van der Waals surface area contributed by atoms with E-state index >= 15 is 0 Å². The van der Waals surface area contributed by atoms with Crippen molar-refractivity contribution in [1.29, 1.82) is 0 Å². The summed E-state index contributed by atoms with van der Waals surface area (Å²) in [5.41, 5.74) is 0. The van der Waals surface area contributed by atoms with Crippen LogP contribution in [0.5, 0.6) is 0 Å². The second-order valence-corrected chi connectivity index (χ2v) is 4.49. The van der Waals surface area contributed by atoms with Crippen molar-refractivity contribution >= 4 is 23.5 Å². The summed E-state index contributed by atoms with van der Waals surface area (Å²) in [5.74, 6) is -16.0. The maximum atomic E-state index is 13.8. The lowest BCUT2D eigenvalue weighted by Crippen LogP contribution is -2.56. The fraction of sp³-hybridized carbons (Fsp3) is 0.143. The monoisotopic (exact) mass is 342 g/mol. The average molecular weight is 342 g/mol. The minimum Gasteiger partial charge on any atom is -0.305 e. The minimum absolute atomic E-state index is 0.358. The molecule has 0 aliphatic heterocycles. The van der Waals surface area contributed by atoms with Crippen molar-refractivity contribution in [2.75, 3.05) is 10.6 Å². The van der Waals surface area contributed by atoms with Gasteiger partial charge in [-0.1, -0.05) is 12.1 Å². The van der Waals surface area contributed by atoms with E-state index in [9.17, 15) is 27.2 Å². The highest BCUT2D eigenvalue weighted by Crippen LogP contribution is 2.36. The third-order valence-electron chi connectivity index (χ3n) is 2.78. The van der Waals surface area contributed by atoms with Crippen LogP contribution in [-0.2, 0) is 9.59 Å². The van der Waals surface area contributed by atoms with Crippen LogP contribution in [0.15, 0.2) is 48.8 Å². The topological polar surface area (TPSA) is 84.0 Å². The minimum atomic E-state index is -5.30. The normalized spacial score (nSPS) is 11.7. The summed E-state index contributed by atoms with van der Waals surface area (Å²) in [4.78, 5) is 29.9. The van der Waals surface area contributed by atoms with E-state index in [0.717, 1.165) is 12.1 Å². The molecule has 2 rings (SSSR count). The molecule has 0 saturated carbocycles. The third kappa shape index (κ3) is 3.47. The Kier molecular flexibility index (Phi) is 4.77. The number of amides is 2. The van der Waals surface area contributed by atoms with E-state index < -0.39 is 23.7 Å². The highest BCUT2D eigenvalue weighted by molar-refractivity contribution is 6.04. The molecule has 0 fully saturated rings. The standard InChI is InChI=1S/C14H10F4N4O2/c15-13(16,11(23)21-9-5-1-3-7-19-9)14(17,18)12(24)22-10-6-2-4-8-20-10/h1-8H,(H,19,21,23)(H,20,22,24). The Labute approximate surface area is 132 Å². The number of anilines is 2. The van der Waals surface area contributed by atoms with E-state index in [2.05, 4.69) is 9.97 Å². The first-order valence-corrected chi connectivity index (χ1v) is 6.46. The number of carbonyl (C=O) groups is 2. The number of hydrogen-bond donors (Lipinski definition) is 2. The number of halogens is 4. The number of rotatable bonds is 5. The fourth-order valence-corrected chi connectivity index (χ4v) is 1.55. The second kappa shape index (κ2) is 6.60. The molecule has 0 saturated heterocycles. The van der Waals surface area contributed by atoms with Crippen LogP contribution in [0, 0.1) is 0 Å². The van der Waals surface area contributed by atoms with Gasteiger partial charge in [0.2, 0.25) is 0 Å². The summed E-state index contributed by atoms with van der Waals surface area (Å²) in [6.45, 7) is 0. The summed E-state index contributed by atoms with van der Waals surface area (Å²) in [6, 6.07) is 7.82. The van der Waals surface area contributed by atoms with Crippen LogP contribution >= 0.6 is 0 Å². The Morgan fingerprint density at radius 2 is 1.12 bits per heavy atom. The Hall–Kier alpha value is -3.04. The van der Waals surface area contributed by atoms with Crippen LogP contribution in [-0.4, -0.2) is 33.6 Å². The van der Waals surface area contributed by atoms with Crippen LogP contribution in [0.3, 0.4) is 0 Å². The van der Waals surface area contributed by atoms with Crippen molar-refractivity contribution in [3.05, 3.63) is 48.8 Å². The molecule has 24 heavy (non-hydrogen) atoms. The third-order valence-corrected chi connectivity index (χ3v) is 2.78. The van der Waals surface area contributed by atoms with E-state index in [-0.39, 0.29) is 11.6 Å². The first-order chi connectivity index (χ1) is 11.2. The maximum Gasteiger partial charge on any atom is 0.396 e. The van der Waals surface area contributed by atoms with Crippen LogP contribution in [0.25, 0.3) is 0 Å². The lowest BCUT2D eigenvalue weighted by Gasteiger charge is -2.24. The molecule has 6 nitrogen and oxygen atoms in total. The van der Waals surface area contributed by atoms with E-state index in [0.29, 0.717) is 0 Å². The number of carbonyl (C=O) groups excluding carboxylic acids is 2. The van der Waals surface area contributed by atoms with Crippen molar-refractivity contribution in [3.63, 3.8) is 0 Å². The molecule has 2 heterocycles. The molecule has 0 bridgehead atoms. The number of aromatic nitrogens is 2. The van der Waals surface area contributed by atoms with Crippen molar-refractivity contribution in [1.82, 2.24) is 9.97 Å². The Morgan fingerprint density at radius 3 is 1.42 bits per heavy atom. The molecule has 0 aliphatic carbocycles. The van der Waals surface area contributed by atoms with Gasteiger partial charge < -0.3 is 10.6 Å². The van der Waals surface area contributed by atoms with Gasteiger partial charge in [-0.3, -0.25) is 9.59 Å². The largest absolute Gasteiger partial charge is 0.396 e. The Morgan fingerprint density at radius 1 is 0.750 bits per heavy atom. The zero-order chi connectivity index (χ0) is 17.8. The molecular weight excluding hydrogens is 332 g/mol. The number of alkyl halides is 4. The lowest BCUT2D eigenvalue weighted by molar-refractivity contribution is -0.204. The van der Waals surface area contributed by atoms with Gasteiger partial charge in [-0.2, -0.15) is 17.6 Å². The van der Waals surface area contributed by atoms with E-state index in [1.54, 1.807) is 0 Å². The highest BCUT2D eigenvalue weighted by Gasteiger charge is 2.67. The molecule has 2 amide bonds. The second-order valence-electron chi connectivity index (χ2n) is 4.49. The molecule has 0 spiro atoms. The van der Waals surface area contributed by atoms with Crippen molar-refractivity contribution < 1.29 is 27.2 Å². The van der Waals surface area contributed by atoms with Crippen molar-refractivity contribution in [2.24, 2.45) is 0 Å². The van der Waals surface area contributed by atoms with E-state index in [1.165, 1.54) is 47.3 Å². The molecule has 0 radical (unpaired) electrons. The van der Waals surface area contributed by atoms with Gasteiger partial charge >= 0.3 is 23.7 Å². The van der Waals surface area contributed by atoms with Gasteiger partial charge in [0.15, 0.2) is 0 Å². The predicted molar refractivity (Wildman–Crippen MR) is 75.6 cm³/mol.